The molecule has 22 heavy (non-hydrogen) atoms. The van der Waals surface area contributed by atoms with E-state index < -0.39 is 0 Å². The monoisotopic (exact) mass is 307 g/mol. The number of hydrogen-bond acceptors (Lipinski definition) is 4. The third-order valence-corrected chi connectivity index (χ3v) is 4.53. The number of benzene rings is 1. The number of phenolic OH excluding ortho intramolecular Hbond substituents is 2. The number of phenols is 2. The fraction of sp³-hybridized carbons (Fsp3) is 0.667. The average Bonchev–Trinajstić information content (AvgIpc) is 2.54. The highest BCUT2D eigenvalue weighted by Gasteiger charge is 2.29. The first kappa shape index (κ1) is 17.1. The van der Waals surface area contributed by atoms with Gasteiger partial charge in [0, 0.05) is 18.5 Å². The molecule has 0 amide bonds. The highest BCUT2D eigenvalue weighted by atomic mass is 16.5. The first-order chi connectivity index (χ1) is 10.7. The summed E-state index contributed by atoms with van der Waals surface area (Å²) in [6.07, 6.45) is 9.08. The molecular formula is C18H29NO3. The largest absolute Gasteiger partial charge is 0.504 e. The number of fused-ring (bicyclic) bond motifs is 1. The Bertz CT molecular complexity index is 476. The van der Waals surface area contributed by atoms with E-state index in [1.54, 1.807) is 0 Å². The maximum absolute atomic E-state index is 10.1. The van der Waals surface area contributed by atoms with Gasteiger partial charge in [-0.05, 0) is 18.1 Å². The molecule has 2 rings (SSSR count). The van der Waals surface area contributed by atoms with Gasteiger partial charge in [0.2, 0.25) is 0 Å². The Morgan fingerprint density at radius 1 is 1.14 bits per heavy atom. The quantitative estimate of drug-likeness (QED) is 0.504. The van der Waals surface area contributed by atoms with Crippen LogP contribution in [0, 0.1) is 0 Å². The minimum Gasteiger partial charge on any atom is -0.504 e. The van der Waals surface area contributed by atoms with Crippen LogP contribution in [0.5, 0.6) is 11.5 Å². The van der Waals surface area contributed by atoms with E-state index in [0.717, 1.165) is 24.0 Å². The van der Waals surface area contributed by atoms with Crippen molar-refractivity contribution in [2.45, 2.75) is 70.5 Å². The molecule has 124 valence electrons. The first-order valence-electron chi connectivity index (χ1n) is 8.56. The van der Waals surface area contributed by atoms with Crippen LogP contribution in [0.4, 0.5) is 0 Å². The Hall–Kier alpha value is -1.26. The predicted molar refractivity (Wildman–Crippen MR) is 88.1 cm³/mol. The Balaban J connectivity index is 1.92. The van der Waals surface area contributed by atoms with Gasteiger partial charge in [-0.25, -0.2) is 0 Å². The molecule has 1 aromatic rings. The maximum atomic E-state index is 10.1. The van der Waals surface area contributed by atoms with Crippen molar-refractivity contribution in [2.24, 2.45) is 5.73 Å². The number of nitrogens with two attached hydrogens (primary N) is 1. The zero-order valence-corrected chi connectivity index (χ0v) is 13.6. The lowest BCUT2D eigenvalue weighted by atomic mass is 9.91. The van der Waals surface area contributed by atoms with Crippen molar-refractivity contribution >= 4 is 0 Å². The summed E-state index contributed by atoms with van der Waals surface area (Å²) in [5.41, 5.74) is 7.53. The van der Waals surface area contributed by atoms with Crippen LogP contribution in [-0.4, -0.2) is 22.9 Å². The van der Waals surface area contributed by atoms with E-state index in [1.807, 2.05) is 6.07 Å². The SMILES string of the molecule is CCCCCCCC[C@@H]1Cc2c(ccc(O)c2O)[C@H](CN)O1. The maximum Gasteiger partial charge on any atom is 0.161 e. The van der Waals surface area contributed by atoms with Crippen LogP contribution in [0.1, 0.15) is 69.1 Å². The third kappa shape index (κ3) is 4.14. The zero-order chi connectivity index (χ0) is 15.9. The van der Waals surface area contributed by atoms with Crippen LogP contribution in [-0.2, 0) is 11.2 Å². The summed E-state index contributed by atoms with van der Waals surface area (Å²) in [6, 6.07) is 3.32. The topological polar surface area (TPSA) is 75.7 Å². The minimum absolute atomic E-state index is 0.00723. The van der Waals surface area contributed by atoms with Gasteiger partial charge in [-0.1, -0.05) is 51.5 Å². The number of ether oxygens (including phenoxy) is 1. The molecule has 0 aliphatic carbocycles. The first-order valence-corrected chi connectivity index (χ1v) is 8.56. The normalized spacial score (nSPS) is 20.8. The molecule has 0 radical (unpaired) electrons. The van der Waals surface area contributed by atoms with Crippen LogP contribution in [0.25, 0.3) is 0 Å². The predicted octanol–water partition coefficient (Wildman–Crippen LogP) is 3.79. The number of aromatic hydroxyl groups is 2. The minimum atomic E-state index is -0.180. The second-order valence-corrected chi connectivity index (χ2v) is 6.24. The summed E-state index contributed by atoms with van der Waals surface area (Å²) in [4.78, 5) is 0. The molecule has 0 spiro atoms. The number of rotatable bonds is 8. The van der Waals surface area contributed by atoms with E-state index in [4.69, 9.17) is 10.5 Å². The lowest BCUT2D eigenvalue weighted by Gasteiger charge is -2.32. The van der Waals surface area contributed by atoms with Crippen LogP contribution in [0.15, 0.2) is 12.1 Å². The molecule has 0 unspecified atom stereocenters. The molecule has 4 N–H and O–H groups in total. The average molecular weight is 307 g/mol. The van der Waals surface area contributed by atoms with E-state index in [-0.39, 0.29) is 23.7 Å². The molecule has 0 saturated carbocycles. The molecule has 1 heterocycles. The van der Waals surface area contributed by atoms with E-state index in [2.05, 4.69) is 6.92 Å². The molecular weight excluding hydrogens is 278 g/mol. The van der Waals surface area contributed by atoms with Gasteiger partial charge < -0.3 is 20.7 Å². The van der Waals surface area contributed by atoms with Gasteiger partial charge in [-0.2, -0.15) is 0 Å². The molecule has 4 nitrogen and oxygen atoms in total. The third-order valence-electron chi connectivity index (χ3n) is 4.53. The summed E-state index contributed by atoms with van der Waals surface area (Å²) < 4.78 is 6.07. The van der Waals surface area contributed by atoms with Crippen molar-refractivity contribution in [3.8, 4) is 11.5 Å². The number of hydrogen-bond donors (Lipinski definition) is 3. The van der Waals surface area contributed by atoms with Crippen molar-refractivity contribution < 1.29 is 14.9 Å². The van der Waals surface area contributed by atoms with E-state index >= 15 is 0 Å². The van der Waals surface area contributed by atoms with Crippen LogP contribution in [0.2, 0.25) is 0 Å². The van der Waals surface area contributed by atoms with Gasteiger partial charge in [-0.15, -0.1) is 0 Å². The highest BCUT2D eigenvalue weighted by molar-refractivity contribution is 5.50. The molecule has 1 aromatic carbocycles. The van der Waals surface area contributed by atoms with E-state index in [1.165, 1.54) is 38.2 Å². The van der Waals surface area contributed by atoms with Crippen molar-refractivity contribution in [3.05, 3.63) is 23.3 Å². The van der Waals surface area contributed by atoms with Gasteiger partial charge >= 0.3 is 0 Å². The second kappa shape index (κ2) is 8.39. The van der Waals surface area contributed by atoms with Crippen molar-refractivity contribution in [3.63, 3.8) is 0 Å². The van der Waals surface area contributed by atoms with Crippen molar-refractivity contribution in [2.75, 3.05) is 6.54 Å². The summed E-state index contributed by atoms with van der Waals surface area (Å²) in [5, 5.41) is 19.8. The fourth-order valence-corrected chi connectivity index (χ4v) is 3.24. The molecule has 0 aromatic heterocycles. The van der Waals surface area contributed by atoms with Gasteiger partial charge in [0.05, 0.1) is 12.2 Å². The van der Waals surface area contributed by atoms with Gasteiger partial charge in [0.15, 0.2) is 11.5 Å². The Morgan fingerprint density at radius 2 is 1.86 bits per heavy atom. The molecule has 0 bridgehead atoms. The Kier molecular flexibility index (Phi) is 6.52. The smallest absolute Gasteiger partial charge is 0.161 e. The van der Waals surface area contributed by atoms with E-state index in [0.29, 0.717) is 13.0 Å². The standard InChI is InChI=1S/C18H29NO3/c1-2-3-4-5-6-7-8-13-11-15-14(17(12-19)22-13)9-10-16(20)18(15)21/h9-10,13,17,20-21H,2-8,11-12,19H2,1H3/t13-,17+/m1/s1. The number of unbranched alkanes of at least 4 members (excludes halogenated alkanes) is 5. The second-order valence-electron chi connectivity index (χ2n) is 6.24. The molecule has 4 heteroatoms. The Morgan fingerprint density at radius 3 is 2.59 bits per heavy atom. The van der Waals surface area contributed by atoms with Crippen molar-refractivity contribution in [1.82, 2.24) is 0 Å². The molecule has 0 saturated heterocycles. The summed E-state index contributed by atoms with van der Waals surface area (Å²) in [7, 11) is 0. The lowest BCUT2D eigenvalue weighted by Crippen LogP contribution is -2.30. The van der Waals surface area contributed by atoms with Gasteiger partial charge in [0.1, 0.15) is 0 Å². The van der Waals surface area contributed by atoms with Gasteiger partial charge in [0.25, 0.3) is 0 Å². The Labute approximate surface area is 133 Å². The summed E-state index contributed by atoms with van der Waals surface area (Å²) >= 11 is 0. The van der Waals surface area contributed by atoms with Crippen LogP contribution >= 0.6 is 0 Å². The van der Waals surface area contributed by atoms with Crippen LogP contribution in [0.3, 0.4) is 0 Å². The molecule has 1 aliphatic heterocycles. The molecule has 0 fully saturated rings. The highest BCUT2D eigenvalue weighted by Crippen LogP contribution is 2.40. The van der Waals surface area contributed by atoms with E-state index in [9.17, 15) is 10.2 Å². The molecule has 1 aliphatic rings. The summed E-state index contributed by atoms with van der Waals surface area (Å²) in [6.45, 7) is 2.62. The summed E-state index contributed by atoms with van der Waals surface area (Å²) in [5.74, 6) is -0.0677. The molecule has 2 atom stereocenters. The van der Waals surface area contributed by atoms with Gasteiger partial charge in [-0.3, -0.25) is 0 Å². The van der Waals surface area contributed by atoms with Crippen LogP contribution < -0.4 is 5.73 Å². The zero-order valence-electron chi connectivity index (χ0n) is 13.6. The lowest BCUT2D eigenvalue weighted by molar-refractivity contribution is -0.0264. The van der Waals surface area contributed by atoms with Crippen molar-refractivity contribution in [1.29, 1.82) is 0 Å². The fourth-order valence-electron chi connectivity index (χ4n) is 3.24.